The molecule has 4 rings (SSSR count). The lowest BCUT2D eigenvalue weighted by atomic mass is 9.86. The molecule has 0 aliphatic heterocycles. The zero-order valence-electron chi connectivity index (χ0n) is 14.4. The normalized spacial score (nSPS) is 21.4. The van der Waals surface area contributed by atoms with Crippen LogP contribution in [-0.2, 0) is 6.54 Å². The highest BCUT2D eigenvalue weighted by atomic mass is 16.3. The van der Waals surface area contributed by atoms with Gasteiger partial charge in [0.2, 0.25) is 5.58 Å². The molecule has 1 aliphatic carbocycles. The molecule has 6 nitrogen and oxygen atoms in total. The molecule has 2 heterocycles. The maximum Gasteiger partial charge on any atom is 0.294 e. The first-order valence-electron chi connectivity index (χ1n) is 8.89. The van der Waals surface area contributed by atoms with Crippen molar-refractivity contribution in [1.82, 2.24) is 14.9 Å². The number of H-pyrrole nitrogens is 1. The maximum absolute atomic E-state index is 12.3. The summed E-state index contributed by atoms with van der Waals surface area (Å²) in [6, 6.07) is 7.55. The van der Waals surface area contributed by atoms with Crippen molar-refractivity contribution in [2.75, 3.05) is 13.6 Å². The molecule has 0 spiro atoms. The fourth-order valence-corrected chi connectivity index (χ4v) is 3.84. The predicted molar refractivity (Wildman–Crippen MR) is 96.4 cm³/mol. The summed E-state index contributed by atoms with van der Waals surface area (Å²) in [4.78, 5) is 21.9. The number of hydrogen-bond donors (Lipinski definition) is 2. The first-order chi connectivity index (χ1) is 12.1. The molecule has 0 amide bonds. The van der Waals surface area contributed by atoms with Gasteiger partial charge in [-0.05, 0) is 37.9 Å². The molecule has 2 unspecified atom stereocenters. The number of aliphatic hydroxyl groups is 1. The molecule has 2 atom stereocenters. The van der Waals surface area contributed by atoms with Crippen LogP contribution < -0.4 is 5.56 Å². The van der Waals surface area contributed by atoms with Gasteiger partial charge in [-0.15, -0.1) is 0 Å². The second kappa shape index (κ2) is 6.61. The van der Waals surface area contributed by atoms with Crippen LogP contribution in [0.4, 0.5) is 0 Å². The van der Waals surface area contributed by atoms with Crippen molar-refractivity contribution in [3.63, 3.8) is 0 Å². The zero-order valence-corrected chi connectivity index (χ0v) is 14.4. The number of aromatic amines is 1. The second-order valence-electron chi connectivity index (χ2n) is 7.10. The van der Waals surface area contributed by atoms with Gasteiger partial charge in [-0.2, -0.15) is 0 Å². The van der Waals surface area contributed by atoms with Gasteiger partial charge in [0.25, 0.3) is 5.56 Å². The van der Waals surface area contributed by atoms with Crippen LogP contribution in [0.25, 0.3) is 22.1 Å². The number of para-hydroxylation sites is 1. The third-order valence-corrected chi connectivity index (χ3v) is 5.11. The number of aromatic nitrogens is 2. The number of hydrogen-bond acceptors (Lipinski definition) is 5. The third kappa shape index (κ3) is 3.19. The van der Waals surface area contributed by atoms with E-state index >= 15 is 0 Å². The molecule has 2 N–H and O–H groups in total. The first kappa shape index (κ1) is 16.3. The van der Waals surface area contributed by atoms with Gasteiger partial charge in [-0.1, -0.05) is 25.0 Å². The molecule has 3 aromatic rings. The Balaban J connectivity index is 1.58. The van der Waals surface area contributed by atoms with Crippen LogP contribution in [0.3, 0.4) is 0 Å². The van der Waals surface area contributed by atoms with E-state index in [2.05, 4.69) is 14.9 Å². The molecule has 2 aromatic heterocycles. The number of fused-ring (bicyclic) bond motifs is 3. The molecule has 1 aromatic carbocycles. The number of aliphatic hydroxyl groups excluding tert-OH is 1. The number of rotatable bonds is 4. The fraction of sp³-hybridized carbons (Fsp3) is 0.474. The van der Waals surface area contributed by atoms with Crippen molar-refractivity contribution in [1.29, 1.82) is 0 Å². The van der Waals surface area contributed by atoms with E-state index in [1.807, 2.05) is 31.3 Å². The summed E-state index contributed by atoms with van der Waals surface area (Å²) in [6.07, 6.45) is 4.02. The highest BCUT2D eigenvalue weighted by molar-refractivity contribution is 6.01. The summed E-state index contributed by atoms with van der Waals surface area (Å²) in [5, 5.41) is 11.0. The van der Waals surface area contributed by atoms with Gasteiger partial charge in [-0.3, -0.25) is 9.69 Å². The smallest absolute Gasteiger partial charge is 0.294 e. The molecule has 25 heavy (non-hydrogen) atoms. The van der Waals surface area contributed by atoms with Gasteiger partial charge in [0.05, 0.1) is 12.6 Å². The topological polar surface area (TPSA) is 82.4 Å². The molecule has 132 valence electrons. The average molecular weight is 341 g/mol. The van der Waals surface area contributed by atoms with Gasteiger partial charge in [-0.25, -0.2) is 4.98 Å². The molecular weight excluding hydrogens is 318 g/mol. The second-order valence-corrected chi connectivity index (χ2v) is 7.10. The minimum Gasteiger partial charge on any atom is -0.449 e. The van der Waals surface area contributed by atoms with Crippen LogP contribution in [0.5, 0.6) is 0 Å². The Hall–Kier alpha value is -2.18. The van der Waals surface area contributed by atoms with Gasteiger partial charge in [0, 0.05) is 11.9 Å². The summed E-state index contributed by atoms with van der Waals surface area (Å²) in [6.45, 7) is 1.34. The summed E-state index contributed by atoms with van der Waals surface area (Å²) in [5.41, 5.74) is 1.31. The van der Waals surface area contributed by atoms with E-state index in [4.69, 9.17) is 4.42 Å². The van der Waals surface area contributed by atoms with Crippen molar-refractivity contribution in [3.8, 4) is 0 Å². The highest BCUT2D eigenvalue weighted by Crippen LogP contribution is 2.26. The maximum atomic E-state index is 12.3. The van der Waals surface area contributed by atoms with E-state index in [1.165, 1.54) is 6.42 Å². The molecule has 6 heteroatoms. The number of benzene rings is 1. The van der Waals surface area contributed by atoms with Crippen molar-refractivity contribution in [3.05, 3.63) is 40.4 Å². The van der Waals surface area contributed by atoms with Crippen molar-refractivity contribution in [2.45, 2.75) is 38.3 Å². The number of furan rings is 1. The van der Waals surface area contributed by atoms with E-state index in [0.717, 1.165) is 31.2 Å². The third-order valence-electron chi connectivity index (χ3n) is 5.11. The lowest BCUT2D eigenvalue weighted by Gasteiger charge is -2.31. The summed E-state index contributed by atoms with van der Waals surface area (Å²) in [7, 11) is 2.00. The standard InChI is InChI=1S/C19H23N3O3/c1-22(10-12-6-2-4-8-14(12)23)11-16-20-17-13-7-3-5-9-15(13)25-18(17)19(24)21-16/h3,5,7,9,12,14,23H,2,4,6,8,10-11H2,1H3,(H,20,21,24). The predicted octanol–water partition coefficient (Wildman–Crippen LogP) is 2.65. The molecule has 1 saturated carbocycles. The highest BCUT2D eigenvalue weighted by Gasteiger charge is 2.24. The molecule has 0 radical (unpaired) electrons. The Morgan fingerprint density at radius 3 is 2.96 bits per heavy atom. The van der Waals surface area contributed by atoms with Crippen molar-refractivity contribution in [2.24, 2.45) is 5.92 Å². The first-order valence-corrected chi connectivity index (χ1v) is 8.89. The van der Waals surface area contributed by atoms with Crippen LogP contribution in [-0.4, -0.2) is 39.7 Å². The van der Waals surface area contributed by atoms with Crippen molar-refractivity contribution >= 4 is 22.1 Å². The molecule has 1 aliphatic rings. The summed E-state index contributed by atoms with van der Waals surface area (Å²) >= 11 is 0. The minimum atomic E-state index is -0.248. The Labute approximate surface area is 145 Å². The average Bonchev–Trinajstić information content (AvgIpc) is 2.96. The van der Waals surface area contributed by atoms with Crippen LogP contribution in [0.2, 0.25) is 0 Å². The lowest BCUT2D eigenvalue weighted by Crippen LogP contribution is -2.35. The fourth-order valence-electron chi connectivity index (χ4n) is 3.84. The minimum absolute atomic E-state index is 0.219. The van der Waals surface area contributed by atoms with E-state index in [1.54, 1.807) is 0 Å². The van der Waals surface area contributed by atoms with E-state index in [-0.39, 0.29) is 17.2 Å². The molecule has 1 fully saturated rings. The number of nitrogens with zero attached hydrogens (tertiary/aromatic N) is 2. The number of nitrogens with one attached hydrogen (secondary N) is 1. The van der Waals surface area contributed by atoms with Gasteiger partial charge in [0.1, 0.15) is 16.9 Å². The molecular formula is C19H23N3O3. The zero-order chi connectivity index (χ0) is 17.4. The van der Waals surface area contributed by atoms with E-state index in [9.17, 15) is 9.90 Å². The SMILES string of the molecule is CN(Cc1nc2c(oc3ccccc32)c(=O)[nH]1)CC1CCCCC1O. The van der Waals surface area contributed by atoms with Crippen LogP contribution >= 0.6 is 0 Å². The van der Waals surface area contributed by atoms with Crippen molar-refractivity contribution < 1.29 is 9.52 Å². The molecule has 0 bridgehead atoms. The Kier molecular flexibility index (Phi) is 4.31. The van der Waals surface area contributed by atoms with Gasteiger partial charge >= 0.3 is 0 Å². The Morgan fingerprint density at radius 2 is 2.12 bits per heavy atom. The van der Waals surface area contributed by atoms with Gasteiger partial charge in [0.15, 0.2) is 0 Å². The lowest BCUT2D eigenvalue weighted by molar-refractivity contribution is 0.0497. The van der Waals surface area contributed by atoms with E-state index < -0.39 is 0 Å². The summed E-state index contributed by atoms with van der Waals surface area (Å²) < 4.78 is 5.63. The Morgan fingerprint density at radius 1 is 1.32 bits per heavy atom. The Bertz CT molecular complexity index is 946. The summed E-state index contributed by atoms with van der Waals surface area (Å²) in [5.74, 6) is 0.917. The van der Waals surface area contributed by atoms with Gasteiger partial charge < -0.3 is 14.5 Å². The van der Waals surface area contributed by atoms with E-state index in [0.29, 0.717) is 29.4 Å². The monoisotopic (exact) mass is 341 g/mol. The van der Waals surface area contributed by atoms with Crippen LogP contribution in [0.1, 0.15) is 31.5 Å². The molecule has 0 saturated heterocycles. The largest absolute Gasteiger partial charge is 0.449 e. The van der Waals surface area contributed by atoms with Crippen LogP contribution in [0.15, 0.2) is 33.5 Å². The van der Waals surface area contributed by atoms with Crippen LogP contribution in [0, 0.1) is 5.92 Å². The quantitative estimate of drug-likeness (QED) is 0.762.